The lowest BCUT2D eigenvalue weighted by atomic mass is 9.88. The number of aromatic amines is 1. The quantitative estimate of drug-likeness (QED) is 0.553. The first-order valence-electron chi connectivity index (χ1n) is 6.88. The predicted molar refractivity (Wildman–Crippen MR) is 78.3 cm³/mol. The summed E-state index contributed by atoms with van der Waals surface area (Å²) < 4.78 is 34.8. The van der Waals surface area contributed by atoms with Gasteiger partial charge in [-0.2, -0.15) is 10.1 Å². The van der Waals surface area contributed by atoms with Crippen LogP contribution in [0.4, 0.5) is 14.7 Å². The third kappa shape index (κ3) is 1.98. The molecule has 1 fully saturated rings. The average molecular weight is 343 g/mol. The second-order valence-corrected chi connectivity index (χ2v) is 5.66. The highest BCUT2D eigenvalue weighted by molar-refractivity contribution is 5.74. The molecule has 1 aliphatic rings. The number of nitrogens with zero attached hydrogens (tertiary/aromatic N) is 3. The number of rotatable bonds is 3. The minimum absolute atomic E-state index is 0.0207. The van der Waals surface area contributed by atoms with Crippen LogP contribution in [-0.4, -0.2) is 54.2 Å². The number of nitrogen functional groups attached to an aromatic ring is 1. The average Bonchev–Trinajstić information content (AvgIpc) is 3.01. The predicted octanol–water partition coefficient (Wildman–Crippen LogP) is -0.466. The molecule has 0 saturated carbocycles. The molecule has 5 N–H and O–H groups in total. The number of fused-ring (bicyclic) bond motifs is 1. The van der Waals surface area contributed by atoms with Crippen LogP contribution in [0, 0.1) is 0 Å². The fourth-order valence-electron chi connectivity index (χ4n) is 2.69. The van der Waals surface area contributed by atoms with E-state index in [4.69, 9.17) is 15.6 Å². The van der Waals surface area contributed by atoms with E-state index in [1.807, 2.05) is 0 Å². The first-order chi connectivity index (χ1) is 11.1. The number of nitrogens with one attached hydrogen (secondary N) is 1. The molecule has 0 bridgehead atoms. The lowest BCUT2D eigenvalue weighted by molar-refractivity contribution is -0.197. The number of aromatic nitrogens is 4. The van der Waals surface area contributed by atoms with E-state index in [9.17, 15) is 18.7 Å². The molecule has 11 heteroatoms. The molecule has 1 aliphatic heterocycles. The van der Waals surface area contributed by atoms with Gasteiger partial charge >= 0.3 is 0 Å². The van der Waals surface area contributed by atoms with Gasteiger partial charge in [0, 0.05) is 0 Å². The Bertz CT molecular complexity index is 883. The summed E-state index contributed by atoms with van der Waals surface area (Å²) in [5, 5.41) is 23.6. The van der Waals surface area contributed by atoms with Crippen LogP contribution >= 0.6 is 0 Å². The second-order valence-electron chi connectivity index (χ2n) is 5.66. The molecular weight excluding hydrogens is 328 g/mol. The van der Waals surface area contributed by atoms with E-state index < -0.39 is 36.0 Å². The monoisotopic (exact) mass is 343 g/mol. The summed E-state index contributed by atoms with van der Waals surface area (Å²) in [5.41, 5.74) is 2.00. The summed E-state index contributed by atoms with van der Waals surface area (Å²) in [7, 11) is 0. The zero-order chi connectivity index (χ0) is 17.9. The van der Waals surface area contributed by atoms with E-state index in [0.29, 0.717) is 0 Å². The van der Waals surface area contributed by atoms with Crippen LogP contribution < -0.4 is 11.3 Å². The molecule has 9 nitrogen and oxygen atoms in total. The van der Waals surface area contributed by atoms with Crippen molar-refractivity contribution in [3.8, 4) is 0 Å². The van der Waals surface area contributed by atoms with Crippen LogP contribution in [0.1, 0.15) is 13.2 Å². The molecule has 4 atom stereocenters. The van der Waals surface area contributed by atoms with Crippen molar-refractivity contribution in [1.29, 1.82) is 0 Å². The van der Waals surface area contributed by atoms with E-state index in [2.05, 4.69) is 21.6 Å². The van der Waals surface area contributed by atoms with Crippen molar-refractivity contribution >= 4 is 17.0 Å². The highest BCUT2D eigenvalue weighted by Gasteiger charge is 2.67. The van der Waals surface area contributed by atoms with Gasteiger partial charge in [0.15, 0.2) is 23.6 Å². The van der Waals surface area contributed by atoms with Crippen molar-refractivity contribution in [3.05, 3.63) is 28.7 Å². The highest BCUT2D eigenvalue weighted by Crippen LogP contribution is 2.50. The summed E-state index contributed by atoms with van der Waals surface area (Å²) in [5.74, 6) is -3.43. The molecule has 0 spiro atoms. The van der Waals surface area contributed by atoms with E-state index in [0.717, 1.165) is 10.9 Å². The summed E-state index contributed by atoms with van der Waals surface area (Å²) >= 11 is 0. The smallest absolute Gasteiger partial charge is 0.269 e. The largest absolute Gasteiger partial charge is 0.390 e. The van der Waals surface area contributed by atoms with Gasteiger partial charge in [0.1, 0.15) is 12.0 Å². The van der Waals surface area contributed by atoms with Gasteiger partial charge in [0.25, 0.3) is 11.4 Å². The normalized spacial score (nSPS) is 33.2. The molecule has 0 unspecified atom stereocenters. The summed E-state index contributed by atoms with van der Waals surface area (Å²) in [6.45, 7) is 3.39. The Balaban J connectivity index is 2.25. The molecule has 0 amide bonds. The summed E-state index contributed by atoms with van der Waals surface area (Å²) in [6.07, 6.45) is -3.31. The minimum Gasteiger partial charge on any atom is -0.390 e. The fourth-order valence-corrected chi connectivity index (χ4v) is 2.69. The minimum atomic E-state index is -3.18. The lowest BCUT2D eigenvalue weighted by Gasteiger charge is -2.30. The maximum absolute atomic E-state index is 14.5. The molecule has 1 saturated heterocycles. The number of H-pyrrole nitrogens is 1. The van der Waals surface area contributed by atoms with Crippen LogP contribution in [-0.2, 0) is 4.74 Å². The highest BCUT2D eigenvalue weighted by atomic mass is 19.2. The number of hydrogen-bond acceptors (Lipinski definition) is 7. The van der Waals surface area contributed by atoms with Gasteiger partial charge < -0.3 is 20.7 Å². The van der Waals surface area contributed by atoms with Gasteiger partial charge in [-0.15, -0.1) is 0 Å². The fraction of sp³-hybridized carbons (Fsp3) is 0.462. The van der Waals surface area contributed by atoms with Crippen LogP contribution in [0.25, 0.3) is 11.0 Å². The van der Waals surface area contributed by atoms with Crippen molar-refractivity contribution in [3.63, 3.8) is 0 Å². The number of anilines is 1. The Morgan fingerprint density at radius 3 is 2.92 bits per heavy atom. The molecule has 2 aromatic rings. The Labute approximate surface area is 133 Å². The van der Waals surface area contributed by atoms with Gasteiger partial charge in [-0.05, 0) is 12.5 Å². The standard InChI is InChI=1S/C13H15F2N5O4/c1-5(2)13(23)9(14)12(15,4-21)24-10(13)20-7-6(3-17-20)8(22)19-11(16)18-7/h3,9-10,21,23H,1,4H2,2H3,(H3,16,18,19,22)/t9-,10-,12-,13-/m1/s1. The number of halogens is 2. The van der Waals surface area contributed by atoms with Crippen molar-refractivity contribution in [2.45, 2.75) is 30.8 Å². The number of nitrogens with two attached hydrogens (primary N) is 1. The zero-order valence-electron chi connectivity index (χ0n) is 12.5. The summed E-state index contributed by atoms with van der Waals surface area (Å²) in [4.78, 5) is 17.9. The SMILES string of the molecule is C=C(C)[C@]1(O)[C@H](n2ncc3c(=O)[nH]c(N)nc32)O[C@](F)(CO)[C@H]1F. The Hall–Kier alpha value is -2.37. The number of aliphatic hydroxyl groups excluding tert-OH is 1. The zero-order valence-corrected chi connectivity index (χ0v) is 12.5. The Morgan fingerprint density at radius 2 is 2.33 bits per heavy atom. The van der Waals surface area contributed by atoms with E-state index in [1.165, 1.54) is 6.92 Å². The van der Waals surface area contributed by atoms with Gasteiger partial charge in [0.05, 0.1) is 6.20 Å². The van der Waals surface area contributed by atoms with Gasteiger partial charge in [-0.1, -0.05) is 6.58 Å². The van der Waals surface area contributed by atoms with Crippen LogP contribution in [0.2, 0.25) is 0 Å². The molecule has 3 heterocycles. The first-order valence-corrected chi connectivity index (χ1v) is 6.88. The van der Waals surface area contributed by atoms with Crippen molar-refractivity contribution in [2.75, 3.05) is 12.3 Å². The Kier molecular flexibility index (Phi) is 3.48. The Morgan fingerprint density at radius 1 is 1.67 bits per heavy atom. The molecular formula is C13H15F2N5O4. The third-order valence-electron chi connectivity index (χ3n) is 4.05. The molecule has 0 aliphatic carbocycles. The van der Waals surface area contributed by atoms with Gasteiger partial charge in [-0.3, -0.25) is 9.78 Å². The summed E-state index contributed by atoms with van der Waals surface area (Å²) in [6, 6.07) is 0. The molecule has 3 rings (SSSR count). The third-order valence-corrected chi connectivity index (χ3v) is 4.05. The van der Waals surface area contributed by atoms with Crippen LogP contribution in [0.3, 0.4) is 0 Å². The topological polar surface area (TPSA) is 139 Å². The van der Waals surface area contributed by atoms with E-state index in [1.54, 1.807) is 0 Å². The maximum Gasteiger partial charge on any atom is 0.269 e. The molecule has 24 heavy (non-hydrogen) atoms. The maximum atomic E-state index is 14.5. The molecule has 0 aromatic carbocycles. The van der Waals surface area contributed by atoms with Crippen LogP contribution in [0.5, 0.6) is 0 Å². The number of alkyl halides is 2. The second kappa shape index (κ2) is 5.06. The number of hydrogen-bond donors (Lipinski definition) is 4. The first kappa shape index (κ1) is 16.5. The van der Waals surface area contributed by atoms with Crippen molar-refractivity contribution < 1.29 is 23.7 Å². The molecule has 2 aromatic heterocycles. The van der Waals surface area contributed by atoms with Crippen LogP contribution in [0.15, 0.2) is 23.1 Å². The van der Waals surface area contributed by atoms with Crippen molar-refractivity contribution in [2.24, 2.45) is 0 Å². The van der Waals surface area contributed by atoms with Crippen molar-refractivity contribution in [1.82, 2.24) is 19.7 Å². The molecule has 0 radical (unpaired) electrons. The van der Waals surface area contributed by atoms with Gasteiger partial charge in [-0.25, -0.2) is 13.5 Å². The molecule has 130 valence electrons. The van der Waals surface area contributed by atoms with E-state index >= 15 is 0 Å². The van der Waals surface area contributed by atoms with Gasteiger partial charge in [0.2, 0.25) is 5.95 Å². The van der Waals surface area contributed by atoms with E-state index in [-0.39, 0.29) is 22.6 Å². The lowest BCUT2D eigenvalue weighted by Crippen LogP contribution is -2.48. The number of ether oxygens (including phenoxy) is 1. The number of aliphatic hydroxyl groups is 2.